The van der Waals surface area contributed by atoms with Crippen molar-refractivity contribution in [3.05, 3.63) is 59.8 Å². The highest BCUT2D eigenvalue weighted by molar-refractivity contribution is 5.48. The number of rotatable bonds is 6. The zero-order valence-electron chi connectivity index (χ0n) is 16.4. The maximum Gasteiger partial charge on any atom is 0.419 e. The van der Waals surface area contributed by atoms with Gasteiger partial charge in [-0.3, -0.25) is 4.90 Å². The van der Waals surface area contributed by atoms with E-state index in [4.69, 9.17) is 4.74 Å². The van der Waals surface area contributed by atoms with Crippen molar-refractivity contribution >= 4 is 5.82 Å². The van der Waals surface area contributed by atoms with E-state index < -0.39 is 11.7 Å². The number of aromatic nitrogens is 1. The van der Waals surface area contributed by atoms with Gasteiger partial charge in [-0.2, -0.15) is 13.2 Å². The Morgan fingerprint density at radius 2 is 2.00 bits per heavy atom. The first-order chi connectivity index (χ1) is 13.8. The third-order valence-electron chi connectivity index (χ3n) is 5.19. The first kappa shape index (κ1) is 21.0. The molecule has 0 bridgehead atoms. The molecule has 2 aromatic rings. The normalized spacial score (nSPS) is 15.4. The number of nitrogens with one attached hydrogen (secondary N) is 2. The van der Waals surface area contributed by atoms with E-state index in [1.54, 1.807) is 0 Å². The average molecular weight is 409 g/mol. The minimum atomic E-state index is -4.35. The van der Waals surface area contributed by atoms with Gasteiger partial charge in [0, 0.05) is 6.07 Å². The highest BCUT2D eigenvalue weighted by atomic mass is 19.4. The number of hydrogen-bond acceptors (Lipinski definition) is 3. The molecule has 1 fully saturated rings. The number of nitrogens with zero attached hydrogens (tertiary/aromatic N) is 1. The first-order valence-corrected chi connectivity index (χ1v) is 9.49. The summed E-state index contributed by atoms with van der Waals surface area (Å²) >= 11 is 0. The fourth-order valence-corrected chi connectivity index (χ4v) is 3.60. The van der Waals surface area contributed by atoms with Crippen LogP contribution in [0.25, 0.3) is 0 Å². The summed E-state index contributed by atoms with van der Waals surface area (Å²) in [7, 11) is 1.53. The molecule has 0 saturated carbocycles. The minimum Gasteiger partial charge on any atom is -0.504 e. The lowest BCUT2D eigenvalue weighted by atomic mass is 10.0. The lowest BCUT2D eigenvalue weighted by Crippen LogP contribution is -3.13. The highest BCUT2D eigenvalue weighted by Crippen LogP contribution is 2.31. The van der Waals surface area contributed by atoms with E-state index >= 15 is 0 Å². The molecule has 0 atom stereocenters. The van der Waals surface area contributed by atoms with E-state index in [1.807, 2.05) is 23.1 Å². The molecule has 1 saturated heterocycles. The molecule has 156 valence electrons. The molecule has 1 aromatic carbocycles. The van der Waals surface area contributed by atoms with Crippen molar-refractivity contribution in [3.63, 3.8) is 0 Å². The summed E-state index contributed by atoms with van der Waals surface area (Å²) in [5.41, 5.74) is 1.17. The molecule has 0 aliphatic carbocycles. The van der Waals surface area contributed by atoms with Crippen molar-refractivity contribution < 1.29 is 32.9 Å². The molecule has 1 aliphatic rings. The Balaban J connectivity index is 1.64. The first-order valence-electron chi connectivity index (χ1n) is 9.49. The number of hydrogen-bond donors (Lipinski definition) is 2. The summed E-state index contributed by atoms with van der Waals surface area (Å²) in [6.45, 7) is 7.44. The van der Waals surface area contributed by atoms with Crippen LogP contribution in [0.1, 0.15) is 16.7 Å². The van der Waals surface area contributed by atoms with Crippen LogP contribution in [0.2, 0.25) is 0 Å². The number of benzene rings is 1. The van der Waals surface area contributed by atoms with Gasteiger partial charge in [-0.25, -0.2) is 4.98 Å². The lowest BCUT2D eigenvalue weighted by molar-refractivity contribution is -0.914. The molecule has 1 aliphatic heterocycles. The van der Waals surface area contributed by atoms with Crippen LogP contribution in [0.15, 0.2) is 43.1 Å². The van der Waals surface area contributed by atoms with Gasteiger partial charge in [-0.05, 0) is 30.2 Å². The van der Waals surface area contributed by atoms with Crippen LogP contribution in [0.5, 0.6) is 11.5 Å². The van der Waals surface area contributed by atoms with Crippen molar-refractivity contribution in [1.82, 2.24) is 0 Å². The number of piperazine rings is 1. The number of phenols is 1. The maximum atomic E-state index is 12.7. The van der Waals surface area contributed by atoms with Gasteiger partial charge in [-0.1, -0.05) is 6.08 Å². The van der Waals surface area contributed by atoms with Crippen LogP contribution in [-0.2, 0) is 19.1 Å². The summed E-state index contributed by atoms with van der Waals surface area (Å²) in [5, 5.41) is 10.5. The number of aromatic amines is 1. The average Bonchev–Trinajstić information content (AvgIpc) is 2.70. The summed E-state index contributed by atoms with van der Waals surface area (Å²) < 4.78 is 43.4. The largest absolute Gasteiger partial charge is 0.504 e. The zero-order valence-corrected chi connectivity index (χ0v) is 16.4. The minimum absolute atomic E-state index is 0.159. The Labute approximate surface area is 168 Å². The van der Waals surface area contributed by atoms with Crippen molar-refractivity contribution in [1.29, 1.82) is 0 Å². The van der Waals surface area contributed by atoms with E-state index in [1.165, 1.54) is 18.1 Å². The smallest absolute Gasteiger partial charge is 0.419 e. The Morgan fingerprint density at radius 1 is 1.28 bits per heavy atom. The molecular weight excluding hydrogens is 383 g/mol. The summed E-state index contributed by atoms with van der Waals surface area (Å²) in [5.74, 6) is 1.29. The van der Waals surface area contributed by atoms with E-state index in [-0.39, 0.29) is 5.75 Å². The molecule has 5 nitrogen and oxygen atoms in total. The number of allylic oxidation sites excluding steroid dienone is 1. The van der Waals surface area contributed by atoms with Gasteiger partial charge < -0.3 is 14.7 Å². The molecule has 1 aromatic heterocycles. The van der Waals surface area contributed by atoms with Gasteiger partial charge >= 0.3 is 6.18 Å². The second kappa shape index (κ2) is 8.73. The molecule has 29 heavy (non-hydrogen) atoms. The van der Waals surface area contributed by atoms with Gasteiger partial charge in [0.25, 0.3) is 5.82 Å². The number of alkyl halides is 3. The third kappa shape index (κ3) is 5.00. The molecule has 0 spiro atoms. The van der Waals surface area contributed by atoms with Crippen molar-refractivity contribution in [3.8, 4) is 11.5 Å². The molecular formula is C21H26F3N3O2+2. The summed E-state index contributed by atoms with van der Waals surface area (Å²) in [4.78, 5) is 6.09. The molecule has 8 heteroatoms. The molecule has 0 radical (unpaired) electrons. The Hall–Kier alpha value is -2.74. The van der Waals surface area contributed by atoms with Gasteiger partial charge in [0.05, 0.1) is 18.2 Å². The van der Waals surface area contributed by atoms with Crippen LogP contribution < -0.4 is 19.5 Å². The number of anilines is 1. The van der Waals surface area contributed by atoms with Crippen molar-refractivity contribution in [2.24, 2.45) is 0 Å². The van der Waals surface area contributed by atoms with Gasteiger partial charge in [-0.15, -0.1) is 6.58 Å². The number of methoxy groups -OCH3 is 1. The van der Waals surface area contributed by atoms with Crippen molar-refractivity contribution in [2.75, 3.05) is 38.2 Å². The third-order valence-corrected chi connectivity index (χ3v) is 5.19. The van der Waals surface area contributed by atoms with Crippen LogP contribution >= 0.6 is 0 Å². The number of H-pyrrole nitrogens is 1. The van der Waals surface area contributed by atoms with Crippen LogP contribution in [0.4, 0.5) is 19.0 Å². The number of phenolic OH excluding ortho intramolecular Hbond substituents is 1. The van der Waals surface area contributed by atoms with Gasteiger partial charge in [0.15, 0.2) is 11.5 Å². The van der Waals surface area contributed by atoms with E-state index in [2.05, 4.69) is 11.6 Å². The summed E-state index contributed by atoms with van der Waals surface area (Å²) in [6, 6.07) is 6.36. The van der Waals surface area contributed by atoms with Gasteiger partial charge in [0.2, 0.25) is 0 Å². The lowest BCUT2D eigenvalue weighted by Gasteiger charge is -2.28. The zero-order chi connectivity index (χ0) is 21.0. The molecule has 3 rings (SSSR count). The number of aromatic hydroxyl groups is 1. The number of quaternary nitrogens is 1. The quantitative estimate of drug-likeness (QED) is 0.717. The monoisotopic (exact) mass is 409 g/mol. The summed E-state index contributed by atoms with van der Waals surface area (Å²) in [6.07, 6.45) is -0.844. The van der Waals surface area contributed by atoms with E-state index in [0.29, 0.717) is 37.6 Å². The van der Waals surface area contributed by atoms with Crippen LogP contribution in [0, 0.1) is 0 Å². The molecule has 0 amide bonds. The Morgan fingerprint density at radius 3 is 2.55 bits per heavy atom. The van der Waals surface area contributed by atoms with E-state index in [0.717, 1.165) is 36.5 Å². The van der Waals surface area contributed by atoms with Gasteiger partial charge in [0.1, 0.15) is 38.9 Å². The number of halogens is 3. The SMILES string of the molecule is C=CCc1cc(C[NH+]2CCN(c3ccc(C(F)(F)F)c[nH+]3)CC2)c(O)c(OC)c1. The fraction of sp³-hybridized carbons (Fsp3) is 0.381. The molecule has 2 heterocycles. The van der Waals surface area contributed by atoms with Crippen molar-refractivity contribution in [2.45, 2.75) is 19.1 Å². The highest BCUT2D eigenvalue weighted by Gasteiger charge is 2.33. The number of pyridine rings is 1. The van der Waals surface area contributed by atoms with Crippen LogP contribution in [-0.4, -0.2) is 38.4 Å². The number of ether oxygens (including phenoxy) is 1. The predicted octanol–water partition coefficient (Wildman–Crippen LogP) is 1.87. The second-order valence-electron chi connectivity index (χ2n) is 7.17. The Kier molecular flexibility index (Phi) is 6.32. The van der Waals surface area contributed by atoms with E-state index in [9.17, 15) is 18.3 Å². The maximum absolute atomic E-state index is 12.7. The standard InChI is InChI=1S/C21H24F3N3O2/c1-3-4-15-11-16(20(28)18(12-15)29-2)14-26-7-9-27(10-8-26)19-6-5-17(13-25-19)21(22,23)24/h3,5-6,11-13,28H,1,4,7-10,14H2,2H3/p+2. The molecule has 3 N–H and O–H groups in total. The second-order valence-corrected chi connectivity index (χ2v) is 7.17. The molecule has 0 unspecified atom stereocenters. The Bertz CT molecular complexity index is 845. The fourth-order valence-electron chi connectivity index (χ4n) is 3.60. The topological polar surface area (TPSA) is 51.3 Å². The predicted molar refractivity (Wildman–Crippen MR) is 103 cm³/mol. The van der Waals surface area contributed by atoms with Crippen LogP contribution in [0.3, 0.4) is 0 Å².